The van der Waals surface area contributed by atoms with Crippen molar-refractivity contribution in [3.8, 4) is 0 Å². The number of hydrogen-bond donors (Lipinski definition) is 1. The molecule has 110 valence electrons. The minimum absolute atomic E-state index is 0.352. The molecule has 0 radical (unpaired) electrons. The molecule has 19 heavy (non-hydrogen) atoms. The van der Waals surface area contributed by atoms with Gasteiger partial charge in [-0.1, -0.05) is 59.2 Å². The summed E-state index contributed by atoms with van der Waals surface area (Å²) in [6.45, 7) is 12.6. The normalized spacial score (nSPS) is 35.6. The Kier molecular flexibility index (Phi) is 4.54. The first-order valence-electron chi connectivity index (χ1n) is 7.76. The first-order chi connectivity index (χ1) is 8.81. The van der Waals surface area contributed by atoms with Crippen LogP contribution in [0.5, 0.6) is 0 Å². The van der Waals surface area contributed by atoms with Crippen LogP contribution in [0.3, 0.4) is 0 Å². The van der Waals surface area contributed by atoms with Gasteiger partial charge in [-0.25, -0.2) is 0 Å². The highest BCUT2D eigenvalue weighted by Gasteiger charge is 2.40. The Bertz CT molecular complexity index is 345. The first kappa shape index (κ1) is 15.2. The first-order valence-corrected chi connectivity index (χ1v) is 8.75. The van der Waals surface area contributed by atoms with Gasteiger partial charge in [0.2, 0.25) is 0 Å². The maximum Gasteiger partial charge on any atom is 0.157 e. The van der Waals surface area contributed by atoms with Gasteiger partial charge in [0, 0.05) is 17.8 Å². The maximum absolute atomic E-state index is 4.83. The Morgan fingerprint density at radius 2 is 2.21 bits per heavy atom. The lowest BCUT2D eigenvalue weighted by molar-refractivity contribution is 0.242. The Morgan fingerprint density at radius 3 is 2.84 bits per heavy atom. The van der Waals surface area contributed by atoms with E-state index in [2.05, 4.69) is 39.9 Å². The summed E-state index contributed by atoms with van der Waals surface area (Å²) in [5, 5.41) is 4.96. The molecule has 3 heteroatoms. The van der Waals surface area contributed by atoms with E-state index >= 15 is 0 Å². The van der Waals surface area contributed by atoms with Crippen molar-refractivity contribution in [3.05, 3.63) is 0 Å². The highest BCUT2D eigenvalue weighted by atomic mass is 32.2. The van der Waals surface area contributed by atoms with Gasteiger partial charge in [0.1, 0.15) is 0 Å². The summed E-state index contributed by atoms with van der Waals surface area (Å²) in [5.41, 5.74) is 0.719. The molecule has 3 atom stereocenters. The number of rotatable bonds is 2. The molecule has 1 spiro atoms. The van der Waals surface area contributed by atoms with E-state index in [9.17, 15) is 0 Å². The summed E-state index contributed by atoms with van der Waals surface area (Å²) in [5.74, 6) is 2.72. The smallest absolute Gasteiger partial charge is 0.157 e. The van der Waals surface area contributed by atoms with E-state index in [4.69, 9.17) is 4.99 Å². The van der Waals surface area contributed by atoms with E-state index in [1.54, 1.807) is 0 Å². The van der Waals surface area contributed by atoms with E-state index < -0.39 is 0 Å². The molecule has 1 N–H and O–H groups in total. The Hall–Kier alpha value is -0.180. The van der Waals surface area contributed by atoms with Gasteiger partial charge < -0.3 is 5.32 Å². The molecule has 0 aromatic rings. The molecule has 1 heterocycles. The number of nitrogens with one attached hydrogen (secondary N) is 1. The van der Waals surface area contributed by atoms with E-state index in [1.165, 1.54) is 36.6 Å². The van der Waals surface area contributed by atoms with E-state index in [-0.39, 0.29) is 0 Å². The second-order valence-electron chi connectivity index (χ2n) is 7.81. The van der Waals surface area contributed by atoms with Gasteiger partial charge >= 0.3 is 0 Å². The second-order valence-corrected chi connectivity index (χ2v) is 8.77. The maximum atomic E-state index is 4.83. The van der Waals surface area contributed by atoms with Crippen LogP contribution in [0.25, 0.3) is 0 Å². The summed E-state index contributed by atoms with van der Waals surface area (Å²) in [6.07, 6.45) is 5.44. The van der Waals surface area contributed by atoms with Crippen LogP contribution in [0.1, 0.15) is 60.3 Å². The fraction of sp³-hybridized carbons (Fsp3) is 0.938. The molecule has 2 nitrogen and oxygen atoms in total. The van der Waals surface area contributed by atoms with Crippen LogP contribution in [0.2, 0.25) is 0 Å². The Morgan fingerprint density at radius 1 is 1.47 bits per heavy atom. The van der Waals surface area contributed by atoms with Gasteiger partial charge in [-0.3, -0.25) is 4.99 Å². The van der Waals surface area contributed by atoms with Crippen molar-refractivity contribution < 1.29 is 0 Å². The van der Waals surface area contributed by atoms with E-state index in [0.29, 0.717) is 16.9 Å². The Labute approximate surface area is 123 Å². The standard InChI is InChI=1S/C16H30N2S/c1-12-7-6-8-16(9-12)11-19-14(18-16)17-10-13(2)15(3,4)5/h12-13H,6-11H2,1-5H3,(H,17,18). The average molecular weight is 282 g/mol. The predicted molar refractivity (Wildman–Crippen MR) is 86.9 cm³/mol. The highest BCUT2D eigenvalue weighted by Crippen LogP contribution is 2.38. The summed E-state index contributed by atoms with van der Waals surface area (Å²) < 4.78 is 0. The van der Waals surface area contributed by atoms with Crippen LogP contribution >= 0.6 is 11.8 Å². The molecule has 0 bridgehead atoms. The molecule has 2 rings (SSSR count). The number of hydrogen-bond acceptors (Lipinski definition) is 2. The van der Waals surface area contributed by atoms with Crippen molar-refractivity contribution in [2.24, 2.45) is 22.2 Å². The summed E-state index contributed by atoms with van der Waals surface area (Å²) in [6, 6.07) is 0. The molecule has 1 saturated carbocycles. The minimum Gasteiger partial charge on any atom is -0.359 e. The predicted octanol–water partition coefficient (Wildman–Crippen LogP) is 4.31. The van der Waals surface area contributed by atoms with Crippen LogP contribution in [0, 0.1) is 17.3 Å². The van der Waals surface area contributed by atoms with Crippen LogP contribution < -0.4 is 5.32 Å². The number of nitrogens with zero attached hydrogens (tertiary/aromatic N) is 1. The van der Waals surface area contributed by atoms with Crippen molar-refractivity contribution in [2.45, 2.75) is 65.8 Å². The molecule has 3 unspecified atom stereocenters. The molecule has 1 aliphatic heterocycles. The molecule has 0 aromatic carbocycles. The van der Waals surface area contributed by atoms with Crippen molar-refractivity contribution in [3.63, 3.8) is 0 Å². The lowest BCUT2D eigenvalue weighted by Gasteiger charge is -2.36. The summed E-state index contributed by atoms with van der Waals surface area (Å²) >= 11 is 1.94. The topological polar surface area (TPSA) is 24.4 Å². The second kappa shape index (κ2) is 5.67. The fourth-order valence-electron chi connectivity index (χ4n) is 2.99. The zero-order chi connectivity index (χ0) is 14.1. The third-order valence-electron chi connectivity index (χ3n) is 4.94. The van der Waals surface area contributed by atoms with Crippen LogP contribution in [-0.2, 0) is 0 Å². The molecule has 2 aliphatic rings. The molecular weight excluding hydrogens is 252 g/mol. The van der Waals surface area contributed by atoms with Crippen LogP contribution in [0.4, 0.5) is 0 Å². The molecular formula is C16H30N2S. The molecule has 0 amide bonds. The summed E-state index contributed by atoms with van der Waals surface area (Å²) in [4.78, 5) is 4.83. The minimum atomic E-state index is 0.352. The van der Waals surface area contributed by atoms with Gasteiger partial charge in [-0.2, -0.15) is 0 Å². The molecule has 0 aromatic heterocycles. The lowest BCUT2D eigenvalue weighted by atomic mass is 9.78. The van der Waals surface area contributed by atoms with Crippen LogP contribution in [-0.4, -0.2) is 23.0 Å². The SMILES string of the molecule is CC1CCCC2(CSC(=NCC(C)C(C)(C)C)N2)C1. The zero-order valence-electron chi connectivity index (χ0n) is 13.3. The third kappa shape index (κ3) is 3.90. The Balaban J connectivity index is 1.91. The van der Waals surface area contributed by atoms with E-state index in [1.807, 2.05) is 11.8 Å². The number of aliphatic imine (C=N–C) groups is 1. The largest absolute Gasteiger partial charge is 0.359 e. The molecule has 1 saturated heterocycles. The van der Waals surface area contributed by atoms with Crippen molar-refractivity contribution in [1.82, 2.24) is 5.32 Å². The third-order valence-corrected chi connectivity index (χ3v) is 6.14. The van der Waals surface area contributed by atoms with Gasteiger partial charge in [0.15, 0.2) is 5.17 Å². The number of thioether (sulfide) groups is 1. The van der Waals surface area contributed by atoms with E-state index in [0.717, 1.165) is 12.5 Å². The van der Waals surface area contributed by atoms with Crippen molar-refractivity contribution in [1.29, 1.82) is 0 Å². The van der Waals surface area contributed by atoms with Gasteiger partial charge in [0.05, 0.1) is 0 Å². The van der Waals surface area contributed by atoms with Gasteiger partial charge in [-0.15, -0.1) is 0 Å². The fourth-order valence-corrected chi connectivity index (χ4v) is 4.19. The number of amidine groups is 1. The van der Waals surface area contributed by atoms with Gasteiger partial charge in [0.25, 0.3) is 0 Å². The lowest BCUT2D eigenvalue weighted by Crippen LogP contribution is -2.47. The zero-order valence-corrected chi connectivity index (χ0v) is 14.1. The highest BCUT2D eigenvalue weighted by molar-refractivity contribution is 8.14. The molecule has 1 aliphatic carbocycles. The monoisotopic (exact) mass is 282 g/mol. The van der Waals surface area contributed by atoms with Gasteiger partial charge in [-0.05, 0) is 30.1 Å². The average Bonchev–Trinajstić information content (AvgIpc) is 2.67. The quantitative estimate of drug-likeness (QED) is 0.816. The van der Waals surface area contributed by atoms with Crippen LogP contribution in [0.15, 0.2) is 4.99 Å². The molecule has 2 fully saturated rings. The van der Waals surface area contributed by atoms with Crippen molar-refractivity contribution >= 4 is 16.9 Å². The summed E-state index contributed by atoms with van der Waals surface area (Å²) in [7, 11) is 0. The van der Waals surface area contributed by atoms with Crippen molar-refractivity contribution in [2.75, 3.05) is 12.3 Å².